The van der Waals surface area contributed by atoms with E-state index in [0.717, 1.165) is 11.3 Å². The van der Waals surface area contributed by atoms with Gasteiger partial charge in [0.25, 0.3) is 0 Å². The van der Waals surface area contributed by atoms with Gasteiger partial charge in [0, 0.05) is 12.1 Å². The van der Waals surface area contributed by atoms with Crippen LogP contribution in [0.15, 0.2) is 24.4 Å². The second-order valence-electron chi connectivity index (χ2n) is 2.22. The maximum absolute atomic E-state index is 5.60. The molecule has 0 fully saturated rings. The molecule has 1 rings (SSSR count). The molecule has 1 aromatic heterocycles. The Morgan fingerprint density at radius 1 is 1.55 bits per heavy atom. The zero-order valence-corrected chi connectivity index (χ0v) is 7.17. The van der Waals surface area contributed by atoms with Crippen LogP contribution in [0.2, 0.25) is 0 Å². The molecule has 0 atom stereocenters. The highest BCUT2D eigenvalue weighted by molar-refractivity contribution is 6.17. The summed E-state index contributed by atoms with van der Waals surface area (Å²) in [5.41, 5.74) is 2.03. The van der Waals surface area contributed by atoms with Crippen LogP contribution in [-0.2, 0) is 5.88 Å². The van der Waals surface area contributed by atoms with Gasteiger partial charge in [-0.05, 0) is 24.6 Å². The Balaban J connectivity index is 2.82. The molecule has 0 unspecified atom stereocenters. The van der Waals surface area contributed by atoms with Crippen molar-refractivity contribution in [2.75, 3.05) is 0 Å². The first kappa shape index (κ1) is 8.28. The van der Waals surface area contributed by atoms with Crippen LogP contribution < -0.4 is 0 Å². The normalized spacial score (nSPS) is 10.7. The molecular formula is C9H10ClN. The summed E-state index contributed by atoms with van der Waals surface area (Å²) in [5, 5.41) is 0. The van der Waals surface area contributed by atoms with Crippen molar-refractivity contribution < 1.29 is 0 Å². The van der Waals surface area contributed by atoms with Crippen LogP contribution in [0, 0.1) is 0 Å². The van der Waals surface area contributed by atoms with E-state index in [4.69, 9.17) is 11.6 Å². The number of halogens is 1. The van der Waals surface area contributed by atoms with Gasteiger partial charge in [-0.25, -0.2) is 0 Å². The fraction of sp³-hybridized carbons (Fsp3) is 0.222. The summed E-state index contributed by atoms with van der Waals surface area (Å²) in [4.78, 5) is 4.17. The van der Waals surface area contributed by atoms with Crippen LogP contribution in [0.1, 0.15) is 18.2 Å². The van der Waals surface area contributed by atoms with Gasteiger partial charge in [-0.15, -0.1) is 11.6 Å². The van der Waals surface area contributed by atoms with Crippen LogP contribution in [0.25, 0.3) is 6.08 Å². The molecule has 1 aromatic rings. The zero-order chi connectivity index (χ0) is 8.10. The molecule has 0 N–H and O–H groups in total. The number of hydrogen-bond donors (Lipinski definition) is 0. The third-order valence-electron chi connectivity index (χ3n) is 1.34. The van der Waals surface area contributed by atoms with E-state index in [0.29, 0.717) is 5.88 Å². The lowest BCUT2D eigenvalue weighted by atomic mass is 10.2. The summed E-state index contributed by atoms with van der Waals surface area (Å²) >= 11 is 5.60. The van der Waals surface area contributed by atoms with Gasteiger partial charge in [0.05, 0.1) is 5.69 Å². The second-order valence-corrected chi connectivity index (χ2v) is 2.49. The lowest BCUT2D eigenvalue weighted by molar-refractivity contribution is 1.22. The Bertz CT molecular complexity index is 238. The van der Waals surface area contributed by atoms with Crippen molar-refractivity contribution in [2.45, 2.75) is 12.8 Å². The van der Waals surface area contributed by atoms with E-state index in [1.54, 1.807) is 6.20 Å². The minimum absolute atomic E-state index is 0.531. The summed E-state index contributed by atoms with van der Waals surface area (Å²) < 4.78 is 0. The summed E-state index contributed by atoms with van der Waals surface area (Å²) in [6.45, 7) is 1.97. The van der Waals surface area contributed by atoms with Gasteiger partial charge in [-0.3, -0.25) is 4.98 Å². The molecule has 0 aliphatic carbocycles. The minimum atomic E-state index is 0.531. The van der Waals surface area contributed by atoms with Crippen molar-refractivity contribution >= 4 is 17.7 Å². The number of rotatable bonds is 2. The Morgan fingerprint density at radius 3 is 2.82 bits per heavy atom. The maximum Gasteiger partial charge on any atom is 0.0626 e. The molecule has 58 valence electrons. The molecule has 0 saturated carbocycles. The molecule has 0 radical (unpaired) electrons. The molecule has 0 aromatic carbocycles. The number of pyridine rings is 1. The fourth-order valence-electron chi connectivity index (χ4n) is 0.784. The van der Waals surface area contributed by atoms with Crippen LogP contribution in [0.5, 0.6) is 0 Å². The Hall–Kier alpha value is -0.820. The molecule has 2 heteroatoms. The maximum atomic E-state index is 5.60. The van der Waals surface area contributed by atoms with Gasteiger partial charge < -0.3 is 0 Å². The highest BCUT2D eigenvalue weighted by Gasteiger charge is 1.89. The third-order valence-corrected chi connectivity index (χ3v) is 1.65. The van der Waals surface area contributed by atoms with E-state index >= 15 is 0 Å². The highest BCUT2D eigenvalue weighted by atomic mass is 35.5. The van der Waals surface area contributed by atoms with Crippen LogP contribution in [0.3, 0.4) is 0 Å². The van der Waals surface area contributed by atoms with Crippen molar-refractivity contribution in [3.05, 3.63) is 35.7 Å². The zero-order valence-electron chi connectivity index (χ0n) is 6.42. The summed E-state index contributed by atoms with van der Waals surface area (Å²) in [5.74, 6) is 0.531. The summed E-state index contributed by atoms with van der Waals surface area (Å²) in [6.07, 6.45) is 5.71. The molecule has 0 saturated heterocycles. The number of hydrogen-bond acceptors (Lipinski definition) is 1. The minimum Gasteiger partial charge on any atom is -0.257 e. The van der Waals surface area contributed by atoms with E-state index < -0.39 is 0 Å². The van der Waals surface area contributed by atoms with Crippen molar-refractivity contribution in [2.24, 2.45) is 0 Å². The average molecular weight is 168 g/mol. The first-order chi connectivity index (χ1) is 5.36. The van der Waals surface area contributed by atoms with Crippen LogP contribution in [0.4, 0.5) is 0 Å². The van der Waals surface area contributed by atoms with Gasteiger partial charge in [0.1, 0.15) is 0 Å². The topological polar surface area (TPSA) is 12.9 Å². The first-order valence-corrected chi connectivity index (χ1v) is 4.04. The first-order valence-electron chi connectivity index (χ1n) is 3.50. The SMILES string of the molecule is C/C=C\c1ccc(CCl)cn1. The van der Waals surface area contributed by atoms with E-state index in [-0.39, 0.29) is 0 Å². The lowest BCUT2D eigenvalue weighted by Gasteiger charge is -1.94. The van der Waals surface area contributed by atoms with E-state index in [9.17, 15) is 0 Å². The number of nitrogens with zero attached hydrogens (tertiary/aromatic N) is 1. The standard InChI is InChI=1S/C9H10ClN/c1-2-3-9-5-4-8(6-10)7-11-9/h2-5,7H,6H2,1H3/b3-2-. The summed E-state index contributed by atoms with van der Waals surface area (Å²) in [6, 6.07) is 3.94. The van der Waals surface area contributed by atoms with Gasteiger partial charge >= 0.3 is 0 Å². The fourth-order valence-corrected chi connectivity index (χ4v) is 0.942. The average Bonchev–Trinajstić information content (AvgIpc) is 2.07. The molecule has 0 aliphatic heterocycles. The van der Waals surface area contributed by atoms with Crippen molar-refractivity contribution in [1.82, 2.24) is 4.98 Å². The molecule has 1 nitrogen and oxygen atoms in total. The Morgan fingerprint density at radius 2 is 2.36 bits per heavy atom. The van der Waals surface area contributed by atoms with E-state index in [1.165, 1.54) is 0 Å². The lowest BCUT2D eigenvalue weighted by Crippen LogP contribution is -1.82. The molecule has 0 amide bonds. The molecule has 0 spiro atoms. The quantitative estimate of drug-likeness (QED) is 0.618. The third kappa shape index (κ3) is 2.35. The van der Waals surface area contributed by atoms with Crippen molar-refractivity contribution in [1.29, 1.82) is 0 Å². The molecule has 0 bridgehead atoms. The van der Waals surface area contributed by atoms with Gasteiger partial charge in [0.15, 0.2) is 0 Å². The monoisotopic (exact) mass is 167 g/mol. The Kier molecular flexibility index (Phi) is 3.12. The number of aromatic nitrogens is 1. The predicted octanol–water partition coefficient (Wildman–Crippen LogP) is 2.85. The number of allylic oxidation sites excluding steroid dienone is 1. The largest absolute Gasteiger partial charge is 0.257 e. The second kappa shape index (κ2) is 4.14. The molecule has 0 aliphatic rings. The van der Waals surface area contributed by atoms with E-state index in [2.05, 4.69) is 4.98 Å². The molecule has 11 heavy (non-hydrogen) atoms. The Labute approximate surface area is 71.7 Å². The van der Waals surface area contributed by atoms with Gasteiger partial charge in [0.2, 0.25) is 0 Å². The predicted molar refractivity (Wildman–Crippen MR) is 48.5 cm³/mol. The van der Waals surface area contributed by atoms with E-state index in [1.807, 2.05) is 31.2 Å². The van der Waals surface area contributed by atoms with Crippen LogP contribution >= 0.6 is 11.6 Å². The molecule has 1 heterocycles. The van der Waals surface area contributed by atoms with Gasteiger partial charge in [-0.1, -0.05) is 12.1 Å². The summed E-state index contributed by atoms with van der Waals surface area (Å²) in [7, 11) is 0. The van der Waals surface area contributed by atoms with Gasteiger partial charge in [-0.2, -0.15) is 0 Å². The number of alkyl halides is 1. The smallest absolute Gasteiger partial charge is 0.0626 e. The van der Waals surface area contributed by atoms with Crippen molar-refractivity contribution in [3.63, 3.8) is 0 Å². The van der Waals surface area contributed by atoms with Crippen molar-refractivity contribution in [3.8, 4) is 0 Å². The highest BCUT2D eigenvalue weighted by Crippen LogP contribution is 2.04. The molecular weight excluding hydrogens is 158 g/mol. The van der Waals surface area contributed by atoms with Crippen LogP contribution in [-0.4, -0.2) is 4.98 Å².